The van der Waals surface area contributed by atoms with Crippen molar-refractivity contribution in [2.45, 2.75) is 40.5 Å². The second-order valence-electron chi connectivity index (χ2n) is 4.10. The molecule has 1 heteroatoms. The molecule has 0 aliphatic rings. The van der Waals surface area contributed by atoms with E-state index in [4.69, 9.17) is 11.6 Å². The summed E-state index contributed by atoms with van der Waals surface area (Å²) in [6.45, 7) is 9.15. The summed E-state index contributed by atoms with van der Waals surface area (Å²) in [5.74, 6) is 1.59. The molecular weight excluding hydrogens is 144 g/mol. The minimum absolute atomic E-state index is 0.450. The Bertz CT molecular complexity index is 81.2. The van der Waals surface area contributed by atoms with Gasteiger partial charge in [0.05, 0.1) is 0 Å². The molecule has 0 aromatic rings. The second-order valence-corrected chi connectivity index (χ2v) is 4.48. The number of halogens is 1. The predicted molar refractivity (Wildman–Crippen MR) is 48.6 cm³/mol. The summed E-state index contributed by atoms with van der Waals surface area (Å²) in [6.07, 6.45) is 2.41. The average molecular weight is 163 g/mol. The zero-order chi connectivity index (χ0) is 8.20. The monoisotopic (exact) mass is 162 g/mol. The maximum Gasteiger partial charge on any atom is 0.0223 e. The van der Waals surface area contributed by atoms with Crippen molar-refractivity contribution in [2.75, 3.05) is 5.88 Å². The van der Waals surface area contributed by atoms with Gasteiger partial charge in [-0.1, -0.05) is 27.7 Å². The normalized spacial score (nSPS) is 15.3. The van der Waals surface area contributed by atoms with Gasteiger partial charge in [-0.05, 0) is 24.2 Å². The first kappa shape index (κ1) is 10.3. The first-order valence-electron chi connectivity index (χ1n) is 4.04. The Hall–Kier alpha value is 0.290. The van der Waals surface area contributed by atoms with Crippen LogP contribution < -0.4 is 0 Å². The van der Waals surface area contributed by atoms with Gasteiger partial charge in [0, 0.05) is 5.88 Å². The van der Waals surface area contributed by atoms with Crippen molar-refractivity contribution in [1.82, 2.24) is 0 Å². The van der Waals surface area contributed by atoms with Crippen molar-refractivity contribution >= 4 is 11.6 Å². The summed E-state index contributed by atoms with van der Waals surface area (Å²) in [5.41, 5.74) is 0.450. The molecule has 0 nitrogen and oxygen atoms in total. The van der Waals surface area contributed by atoms with Gasteiger partial charge in [0.2, 0.25) is 0 Å². The van der Waals surface area contributed by atoms with Crippen LogP contribution in [0, 0.1) is 11.3 Å². The van der Waals surface area contributed by atoms with Crippen LogP contribution in [-0.4, -0.2) is 5.88 Å². The van der Waals surface area contributed by atoms with Gasteiger partial charge >= 0.3 is 0 Å². The molecule has 1 unspecified atom stereocenters. The van der Waals surface area contributed by atoms with Crippen LogP contribution in [0.5, 0.6) is 0 Å². The zero-order valence-corrected chi connectivity index (χ0v) is 8.33. The Morgan fingerprint density at radius 1 is 1.30 bits per heavy atom. The highest BCUT2D eigenvalue weighted by Crippen LogP contribution is 2.28. The van der Waals surface area contributed by atoms with Crippen molar-refractivity contribution < 1.29 is 0 Å². The van der Waals surface area contributed by atoms with E-state index in [0.717, 1.165) is 18.2 Å². The van der Waals surface area contributed by atoms with Gasteiger partial charge in [0.15, 0.2) is 0 Å². The van der Waals surface area contributed by atoms with Gasteiger partial charge < -0.3 is 0 Å². The summed E-state index contributed by atoms with van der Waals surface area (Å²) >= 11 is 5.60. The highest BCUT2D eigenvalue weighted by atomic mass is 35.5. The molecule has 0 fully saturated rings. The lowest BCUT2D eigenvalue weighted by molar-refractivity contribution is 0.246. The largest absolute Gasteiger partial charge is 0.127 e. The Morgan fingerprint density at radius 3 is 2.10 bits per heavy atom. The Kier molecular flexibility index (Phi) is 4.35. The van der Waals surface area contributed by atoms with Crippen molar-refractivity contribution in [1.29, 1.82) is 0 Å². The van der Waals surface area contributed by atoms with Crippen molar-refractivity contribution in [3.8, 4) is 0 Å². The number of hydrogen-bond donors (Lipinski definition) is 0. The Balaban J connectivity index is 3.52. The summed E-state index contributed by atoms with van der Waals surface area (Å²) in [4.78, 5) is 0. The van der Waals surface area contributed by atoms with Crippen LogP contribution in [0.15, 0.2) is 0 Å². The van der Waals surface area contributed by atoms with E-state index in [-0.39, 0.29) is 0 Å². The lowest BCUT2D eigenvalue weighted by Crippen LogP contribution is -2.17. The molecule has 0 saturated carbocycles. The third kappa shape index (κ3) is 4.16. The molecule has 0 aliphatic heterocycles. The molecule has 0 radical (unpaired) electrons. The molecule has 0 aliphatic carbocycles. The molecule has 0 spiro atoms. The van der Waals surface area contributed by atoms with Gasteiger partial charge in [-0.15, -0.1) is 11.6 Å². The SMILES string of the molecule is CC(CCCCl)C(C)(C)C. The van der Waals surface area contributed by atoms with E-state index in [2.05, 4.69) is 27.7 Å². The van der Waals surface area contributed by atoms with E-state index in [1.54, 1.807) is 0 Å². The lowest BCUT2D eigenvalue weighted by Gasteiger charge is -2.26. The standard InChI is InChI=1S/C9H19Cl/c1-8(6-5-7-10)9(2,3)4/h8H,5-7H2,1-4H3. The number of hydrogen-bond acceptors (Lipinski definition) is 0. The maximum absolute atomic E-state index is 5.60. The second kappa shape index (κ2) is 4.23. The fraction of sp³-hybridized carbons (Fsp3) is 1.00. The van der Waals surface area contributed by atoms with Gasteiger partial charge in [-0.25, -0.2) is 0 Å². The lowest BCUT2D eigenvalue weighted by atomic mass is 9.80. The minimum atomic E-state index is 0.450. The summed E-state index contributed by atoms with van der Waals surface area (Å²) in [7, 11) is 0. The van der Waals surface area contributed by atoms with Crippen LogP contribution in [-0.2, 0) is 0 Å². The summed E-state index contributed by atoms with van der Waals surface area (Å²) < 4.78 is 0. The number of alkyl halides is 1. The Morgan fingerprint density at radius 2 is 1.80 bits per heavy atom. The first-order chi connectivity index (χ1) is 4.48. The molecule has 62 valence electrons. The van der Waals surface area contributed by atoms with Crippen LogP contribution in [0.4, 0.5) is 0 Å². The molecule has 0 aromatic carbocycles. The minimum Gasteiger partial charge on any atom is -0.127 e. The topological polar surface area (TPSA) is 0 Å². The fourth-order valence-electron chi connectivity index (χ4n) is 0.816. The van der Waals surface area contributed by atoms with E-state index in [9.17, 15) is 0 Å². The maximum atomic E-state index is 5.60. The molecular formula is C9H19Cl. The van der Waals surface area contributed by atoms with E-state index in [1.165, 1.54) is 6.42 Å². The van der Waals surface area contributed by atoms with Crippen LogP contribution in [0.25, 0.3) is 0 Å². The molecule has 0 N–H and O–H groups in total. The first-order valence-corrected chi connectivity index (χ1v) is 4.58. The van der Waals surface area contributed by atoms with Crippen LogP contribution >= 0.6 is 11.6 Å². The number of rotatable bonds is 3. The molecule has 0 bridgehead atoms. The van der Waals surface area contributed by atoms with Crippen LogP contribution in [0.1, 0.15) is 40.5 Å². The molecule has 10 heavy (non-hydrogen) atoms. The summed E-state index contributed by atoms with van der Waals surface area (Å²) in [6, 6.07) is 0. The third-order valence-electron chi connectivity index (χ3n) is 2.25. The summed E-state index contributed by atoms with van der Waals surface area (Å²) in [5, 5.41) is 0. The van der Waals surface area contributed by atoms with E-state index in [1.807, 2.05) is 0 Å². The average Bonchev–Trinajstić information content (AvgIpc) is 1.80. The van der Waals surface area contributed by atoms with E-state index < -0.39 is 0 Å². The molecule has 0 amide bonds. The zero-order valence-electron chi connectivity index (χ0n) is 7.58. The molecule has 0 saturated heterocycles. The van der Waals surface area contributed by atoms with Gasteiger partial charge in [-0.2, -0.15) is 0 Å². The fourth-order valence-corrected chi connectivity index (χ4v) is 0.971. The smallest absolute Gasteiger partial charge is 0.0223 e. The quantitative estimate of drug-likeness (QED) is 0.556. The van der Waals surface area contributed by atoms with Gasteiger partial charge in [-0.3, -0.25) is 0 Å². The highest BCUT2D eigenvalue weighted by Gasteiger charge is 2.18. The van der Waals surface area contributed by atoms with Crippen molar-refractivity contribution in [2.24, 2.45) is 11.3 Å². The predicted octanol–water partition coefficient (Wildman–Crippen LogP) is 3.69. The molecule has 1 atom stereocenters. The van der Waals surface area contributed by atoms with E-state index in [0.29, 0.717) is 5.41 Å². The van der Waals surface area contributed by atoms with Gasteiger partial charge in [0.1, 0.15) is 0 Å². The van der Waals surface area contributed by atoms with Crippen LogP contribution in [0.2, 0.25) is 0 Å². The van der Waals surface area contributed by atoms with Gasteiger partial charge in [0.25, 0.3) is 0 Å². The molecule has 0 rings (SSSR count). The third-order valence-corrected chi connectivity index (χ3v) is 2.52. The van der Waals surface area contributed by atoms with Crippen molar-refractivity contribution in [3.63, 3.8) is 0 Å². The van der Waals surface area contributed by atoms with Crippen LogP contribution in [0.3, 0.4) is 0 Å². The Labute approximate surface area is 70.0 Å². The molecule has 0 heterocycles. The highest BCUT2D eigenvalue weighted by molar-refractivity contribution is 6.17. The molecule has 0 aromatic heterocycles. The van der Waals surface area contributed by atoms with Crippen molar-refractivity contribution in [3.05, 3.63) is 0 Å². The van der Waals surface area contributed by atoms with E-state index >= 15 is 0 Å².